The Morgan fingerprint density at radius 2 is 2.20 bits per heavy atom. The van der Waals surface area contributed by atoms with Crippen molar-refractivity contribution < 1.29 is 13.9 Å². The summed E-state index contributed by atoms with van der Waals surface area (Å²) in [5.41, 5.74) is 9.00. The molecule has 4 rings (SSSR count). The van der Waals surface area contributed by atoms with Crippen LogP contribution in [0.4, 0.5) is 5.82 Å². The minimum absolute atomic E-state index is 0.149. The number of ether oxygens (including phenoxy) is 1. The number of aromatic nitrogens is 2. The molecule has 3 heterocycles. The Morgan fingerprint density at radius 3 is 3.04 bits per heavy atom. The van der Waals surface area contributed by atoms with Crippen LogP contribution in [0.5, 0.6) is 0 Å². The Kier molecular flexibility index (Phi) is 3.85. The van der Waals surface area contributed by atoms with E-state index >= 15 is 0 Å². The van der Waals surface area contributed by atoms with Crippen LogP contribution in [0, 0.1) is 0 Å². The standard InChI is InChI=1S/C18H18N4O3/c1-24-10-13-12-4-2-3-5-15(12)25-17(13)18(23)22-7-6-14-11(9-22)8-16(19)21-20-14/h2-5,8H,6-7,9-10H2,1H3,(H2,19,21). The Bertz CT molecular complexity index is 951. The molecule has 0 saturated carbocycles. The van der Waals surface area contributed by atoms with Gasteiger partial charge in [0.1, 0.15) is 11.4 Å². The van der Waals surface area contributed by atoms with Crippen molar-refractivity contribution in [2.24, 2.45) is 0 Å². The highest BCUT2D eigenvalue weighted by molar-refractivity contribution is 5.99. The van der Waals surface area contributed by atoms with Gasteiger partial charge in [-0.15, -0.1) is 5.10 Å². The van der Waals surface area contributed by atoms with E-state index < -0.39 is 0 Å². The Balaban J connectivity index is 1.69. The molecule has 0 bridgehead atoms. The van der Waals surface area contributed by atoms with Gasteiger partial charge in [-0.05, 0) is 17.7 Å². The van der Waals surface area contributed by atoms with E-state index in [4.69, 9.17) is 14.9 Å². The summed E-state index contributed by atoms with van der Waals surface area (Å²) >= 11 is 0. The molecule has 0 atom stereocenters. The largest absolute Gasteiger partial charge is 0.451 e. The van der Waals surface area contributed by atoms with Gasteiger partial charge in [0.05, 0.1) is 12.3 Å². The van der Waals surface area contributed by atoms with Gasteiger partial charge in [0, 0.05) is 37.6 Å². The monoisotopic (exact) mass is 338 g/mol. The molecule has 25 heavy (non-hydrogen) atoms. The fraction of sp³-hybridized carbons (Fsp3) is 0.278. The molecule has 7 nitrogen and oxygen atoms in total. The summed E-state index contributed by atoms with van der Waals surface area (Å²) in [5, 5.41) is 8.89. The molecule has 1 aliphatic heterocycles. The first-order valence-corrected chi connectivity index (χ1v) is 8.07. The fourth-order valence-corrected chi connectivity index (χ4v) is 3.22. The van der Waals surface area contributed by atoms with E-state index in [0.717, 1.165) is 22.2 Å². The van der Waals surface area contributed by atoms with E-state index in [1.165, 1.54) is 0 Å². The average Bonchev–Trinajstić information content (AvgIpc) is 2.99. The molecule has 0 fully saturated rings. The quantitative estimate of drug-likeness (QED) is 0.786. The summed E-state index contributed by atoms with van der Waals surface area (Å²) in [6.45, 7) is 1.33. The number of nitrogen functional groups attached to an aromatic ring is 1. The molecule has 1 aromatic carbocycles. The number of carbonyl (C=O) groups is 1. The Labute approximate surface area is 144 Å². The second-order valence-electron chi connectivity index (χ2n) is 6.06. The van der Waals surface area contributed by atoms with Crippen molar-refractivity contribution in [1.82, 2.24) is 15.1 Å². The number of rotatable bonds is 3. The molecule has 0 radical (unpaired) electrons. The zero-order valence-electron chi connectivity index (χ0n) is 13.9. The van der Waals surface area contributed by atoms with Crippen LogP contribution >= 0.6 is 0 Å². The van der Waals surface area contributed by atoms with Crippen LogP contribution in [-0.4, -0.2) is 34.7 Å². The van der Waals surface area contributed by atoms with Gasteiger partial charge < -0.3 is 19.8 Å². The topological polar surface area (TPSA) is 94.5 Å². The molecule has 0 saturated heterocycles. The third-order valence-electron chi connectivity index (χ3n) is 4.43. The number of hydrogen-bond donors (Lipinski definition) is 1. The number of methoxy groups -OCH3 is 1. The van der Waals surface area contributed by atoms with Gasteiger partial charge in [-0.1, -0.05) is 18.2 Å². The number of nitrogens with zero attached hydrogens (tertiary/aromatic N) is 3. The summed E-state index contributed by atoms with van der Waals surface area (Å²) in [6.07, 6.45) is 0.647. The van der Waals surface area contributed by atoms with Gasteiger partial charge in [-0.25, -0.2) is 0 Å². The van der Waals surface area contributed by atoms with Crippen molar-refractivity contribution in [3.05, 3.63) is 52.9 Å². The molecule has 2 N–H and O–H groups in total. The van der Waals surface area contributed by atoms with Crippen molar-refractivity contribution in [1.29, 1.82) is 0 Å². The van der Waals surface area contributed by atoms with Gasteiger partial charge in [-0.3, -0.25) is 4.79 Å². The number of furan rings is 1. The highest BCUT2D eigenvalue weighted by Crippen LogP contribution is 2.29. The van der Waals surface area contributed by atoms with Gasteiger partial charge in [0.2, 0.25) is 0 Å². The van der Waals surface area contributed by atoms with Crippen LogP contribution in [-0.2, 0) is 24.3 Å². The maximum Gasteiger partial charge on any atom is 0.290 e. The number of para-hydroxylation sites is 1. The molecule has 128 valence electrons. The zero-order valence-corrected chi connectivity index (χ0v) is 13.9. The smallest absolute Gasteiger partial charge is 0.290 e. The van der Waals surface area contributed by atoms with Crippen molar-refractivity contribution in [2.75, 3.05) is 19.4 Å². The van der Waals surface area contributed by atoms with Crippen LogP contribution < -0.4 is 5.73 Å². The molecule has 1 aliphatic rings. The number of hydrogen-bond acceptors (Lipinski definition) is 6. The SMILES string of the molecule is COCc1c(C(=O)N2CCc3nnc(N)cc3C2)oc2ccccc12. The molecule has 1 amide bonds. The molecule has 0 spiro atoms. The highest BCUT2D eigenvalue weighted by Gasteiger charge is 2.28. The molecule has 3 aromatic rings. The fourth-order valence-electron chi connectivity index (χ4n) is 3.22. The molecular weight excluding hydrogens is 320 g/mol. The summed E-state index contributed by atoms with van der Waals surface area (Å²) < 4.78 is 11.1. The molecular formula is C18H18N4O3. The lowest BCUT2D eigenvalue weighted by molar-refractivity contribution is 0.0697. The lowest BCUT2D eigenvalue weighted by Gasteiger charge is -2.27. The first kappa shape index (κ1) is 15.6. The van der Waals surface area contributed by atoms with Crippen LogP contribution in [0.1, 0.15) is 27.4 Å². The number of benzene rings is 1. The third-order valence-corrected chi connectivity index (χ3v) is 4.43. The first-order valence-electron chi connectivity index (χ1n) is 8.07. The molecule has 0 aliphatic carbocycles. The summed E-state index contributed by atoms with van der Waals surface area (Å²) in [4.78, 5) is 14.8. The minimum Gasteiger partial charge on any atom is -0.451 e. The van der Waals surface area contributed by atoms with Gasteiger partial charge in [-0.2, -0.15) is 5.10 Å². The minimum atomic E-state index is -0.149. The normalized spacial score (nSPS) is 13.9. The van der Waals surface area contributed by atoms with E-state index in [0.29, 0.717) is 43.3 Å². The predicted molar refractivity (Wildman–Crippen MR) is 91.8 cm³/mol. The zero-order chi connectivity index (χ0) is 17.4. The third kappa shape index (κ3) is 2.72. The number of carbonyl (C=O) groups excluding carboxylic acids is 1. The van der Waals surface area contributed by atoms with Crippen molar-refractivity contribution >= 4 is 22.7 Å². The van der Waals surface area contributed by atoms with Crippen LogP contribution in [0.3, 0.4) is 0 Å². The van der Waals surface area contributed by atoms with Crippen molar-refractivity contribution in [3.8, 4) is 0 Å². The van der Waals surface area contributed by atoms with E-state index in [1.54, 1.807) is 18.1 Å². The van der Waals surface area contributed by atoms with Crippen molar-refractivity contribution in [2.45, 2.75) is 19.6 Å². The van der Waals surface area contributed by atoms with E-state index in [2.05, 4.69) is 10.2 Å². The van der Waals surface area contributed by atoms with E-state index in [1.807, 2.05) is 24.3 Å². The summed E-state index contributed by atoms with van der Waals surface area (Å²) in [5.74, 6) is 0.544. The number of amides is 1. The van der Waals surface area contributed by atoms with Gasteiger partial charge in [0.15, 0.2) is 5.76 Å². The van der Waals surface area contributed by atoms with Gasteiger partial charge in [0.25, 0.3) is 5.91 Å². The van der Waals surface area contributed by atoms with Crippen LogP contribution in [0.25, 0.3) is 11.0 Å². The highest BCUT2D eigenvalue weighted by atomic mass is 16.5. The van der Waals surface area contributed by atoms with Crippen molar-refractivity contribution in [3.63, 3.8) is 0 Å². The van der Waals surface area contributed by atoms with E-state index in [9.17, 15) is 4.79 Å². The van der Waals surface area contributed by atoms with Gasteiger partial charge >= 0.3 is 0 Å². The lowest BCUT2D eigenvalue weighted by Crippen LogP contribution is -2.36. The maximum absolute atomic E-state index is 13.1. The van der Waals surface area contributed by atoms with Crippen LogP contribution in [0.15, 0.2) is 34.7 Å². The molecule has 0 unspecified atom stereocenters. The number of nitrogens with two attached hydrogens (primary N) is 1. The maximum atomic E-state index is 13.1. The number of anilines is 1. The second-order valence-corrected chi connectivity index (χ2v) is 6.06. The summed E-state index contributed by atoms with van der Waals surface area (Å²) in [6, 6.07) is 9.37. The van der Waals surface area contributed by atoms with Crippen LogP contribution in [0.2, 0.25) is 0 Å². The average molecular weight is 338 g/mol. The number of fused-ring (bicyclic) bond motifs is 2. The second kappa shape index (κ2) is 6.18. The summed E-state index contributed by atoms with van der Waals surface area (Å²) in [7, 11) is 1.61. The van der Waals surface area contributed by atoms with E-state index in [-0.39, 0.29) is 5.91 Å². The Hall–Kier alpha value is -2.93. The molecule has 2 aromatic heterocycles. The first-order chi connectivity index (χ1) is 12.2. The molecule has 7 heteroatoms. The Morgan fingerprint density at radius 1 is 1.36 bits per heavy atom. The lowest BCUT2D eigenvalue weighted by atomic mass is 10.1. The predicted octanol–water partition coefficient (Wildman–Crippen LogP) is 2.15.